The molecule has 0 atom stereocenters. The molecule has 2 aromatic rings. The lowest BCUT2D eigenvalue weighted by molar-refractivity contribution is -0.132. The number of hydrogen-bond acceptors (Lipinski definition) is 4. The maximum Gasteiger partial charge on any atom is 0.222 e. The van der Waals surface area contributed by atoms with Crippen molar-refractivity contribution < 1.29 is 14.3 Å². The summed E-state index contributed by atoms with van der Waals surface area (Å²) >= 11 is 0. The Hall–Kier alpha value is -2.49. The van der Waals surface area contributed by atoms with Gasteiger partial charge in [0.25, 0.3) is 0 Å². The molecule has 0 saturated carbocycles. The van der Waals surface area contributed by atoms with Gasteiger partial charge in [0.15, 0.2) is 17.5 Å². The third-order valence-electron chi connectivity index (χ3n) is 5.46. The first-order valence-corrected chi connectivity index (χ1v) is 10.6. The second-order valence-electron chi connectivity index (χ2n) is 7.48. The molecule has 0 bridgehead atoms. The second-order valence-corrected chi connectivity index (χ2v) is 7.48. The first kappa shape index (κ1) is 25.8. The average molecular weight is 552 g/mol. The van der Waals surface area contributed by atoms with Gasteiger partial charge in [-0.15, -0.1) is 24.0 Å². The number of guanidine groups is 1. The number of benzene rings is 2. The number of carbonyl (C=O) groups is 1. The van der Waals surface area contributed by atoms with Crippen LogP contribution in [0.4, 0.5) is 0 Å². The highest BCUT2D eigenvalue weighted by molar-refractivity contribution is 14.0. The van der Waals surface area contributed by atoms with Crippen LogP contribution in [-0.2, 0) is 24.3 Å². The Balaban J connectivity index is 0.00000363. The van der Waals surface area contributed by atoms with E-state index < -0.39 is 0 Å². The van der Waals surface area contributed by atoms with E-state index in [4.69, 9.17) is 9.47 Å². The number of carbonyl (C=O) groups excluding carboxylic acids is 1. The van der Waals surface area contributed by atoms with Crippen LogP contribution in [0.3, 0.4) is 0 Å². The van der Waals surface area contributed by atoms with Crippen molar-refractivity contribution in [2.24, 2.45) is 4.99 Å². The lowest BCUT2D eigenvalue weighted by Crippen LogP contribution is -2.38. The third kappa shape index (κ3) is 7.01. The van der Waals surface area contributed by atoms with Gasteiger partial charge in [-0.2, -0.15) is 0 Å². The minimum atomic E-state index is 0. The number of aliphatic imine (C=N–C) groups is 1. The molecule has 1 aliphatic heterocycles. The van der Waals surface area contributed by atoms with Gasteiger partial charge in [-0.25, -0.2) is 0 Å². The number of methoxy groups -OCH3 is 2. The molecule has 7 nitrogen and oxygen atoms in total. The smallest absolute Gasteiger partial charge is 0.222 e. The van der Waals surface area contributed by atoms with Gasteiger partial charge in [-0.1, -0.05) is 30.3 Å². The number of fused-ring (bicyclic) bond motifs is 1. The van der Waals surface area contributed by atoms with Gasteiger partial charge in [0.2, 0.25) is 5.91 Å². The quantitative estimate of drug-likeness (QED) is 0.228. The molecule has 0 aromatic heterocycles. The normalized spacial score (nSPS) is 13.0. The predicted molar refractivity (Wildman–Crippen MR) is 138 cm³/mol. The predicted octanol–water partition coefficient (Wildman–Crippen LogP) is 3.35. The van der Waals surface area contributed by atoms with Gasteiger partial charge in [-0.3, -0.25) is 9.79 Å². The topological polar surface area (TPSA) is 75.2 Å². The lowest BCUT2D eigenvalue weighted by Gasteiger charge is -2.29. The minimum absolute atomic E-state index is 0. The third-order valence-corrected chi connectivity index (χ3v) is 5.46. The number of rotatable bonds is 8. The zero-order valence-corrected chi connectivity index (χ0v) is 21.3. The number of halogens is 1. The van der Waals surface area contributed by atoms with E-state index in [1.807, 2.05) is 35.2 Å². The fourth-order valence-corrected chi connectivity index (χ4v) is 3.70. The molecule has 0 radical (unpaired) electrons. The van der Waals surface area contributed by atoms with Crippen LogP contribution in [0.1, 0.15) is 29.5 Å². The molecule has 0 aliphatic carbocycles. The minimum Gasteiger partial charge on any atom is -0.493 e. The van der Waals surface area contributed by atoms with Crippen LogP contribution in [0.25, 0.3) is 0 Å². The van der Waals surface area contributed by atoms with Crippen LogP contribution in [0.5, 0.6) is 11.5 Å². The molecule has 32 heavy (non-hydrogen) atoms. The van der Waals surface area contributed by atoms with Crippen molar-refractivity contribution in [3.8, 4) is 11.5 Å². The number of nitrogens with zero attached hydrogens (tertiary/aromatic N) is 2. The van der Waals surface area contributed by atoms with Gasteiger partial charge in [-0.05, 0) is 41.7 Å². The van der Waals surface area contributed by atoms with E-state index in [0.717, 1.165) is 36.7 Å². The molecule has 0 fully saturated rings. The molecular formula is C24H33IN4O3. The first-order valence-electron chi connectivity index (χ1n) is 10.6. The van der Waals surface area contributed by atoms with Crippen LogP contribution in [0, 0.1) is 0 Å². The zero-order chi connectivity index (χ0) is 22.1. The highest BCUT2D eigenvalue weighted by Gasteiger charge is 2.22. The van der Waals surface area contributed by atoms with Gasteiger partial charge in [0.05, 0.1) is 14.2 Å². The first-order chi connectivity index (χ1) is 15.1. The highest BCUT2D eigenvalue weighted by atomic mass is 127. The molecule has 8 heteroatoms. The molecule has 174 valence electrons. The van der Waals surface area contributed by atoms with E-state index in [1.165, 1.54) is 11.1 Å². The van der Waals surface area contributed by atoms with E-state index in [1.54, 1.807) is 21.3 Å². The summed E-state index contributed by atoms with van der Waals surface area (Å²) in [5.41, 5.74) is 3.54. The summed E-state index contributed by atoms with van der Waals surface area (Å²) in [6, 6.07) is 14.2. The molecule has 3 rings (SSSR count). The van der Waals surface area contributed by atoms with Gasteiger partial charge < -0.3 is 25.0 Å². The van der Waals surface area contributed by atoms with Gasteiger partial charge >= 0.3 is 0 Å². The fraction of sp³-hybridized carbons (Fsp3) is 0.417. The SMILES string of the molecule is CN=C(NCCCC(=O)N1CCc2cc(OC)c(OC)cc2C1)NCc1ccccc1.I. The van der Waals surface area contributed by atoms with Crippen molar-refractivity contribution in [3.05, 3.63) is 59.2 Å². The summed E-state index contributed by atoms with van der Waals surface area (Å²) in [5, 5.41) is 6.57. The summed E-state index contributed by atoms with van der Waals surface area (Å²) in [6.45, 7) is 2.74. The van der Waals surface area contributed by atoms with Crippen molar-refractivity contribution in [2.45, 2.75) is 32.4 Å². The number of nitrogens with one attached hydrogen (secondary N) is 2. The van der Waals surface area contributed by atoms with Crippen molar-refractivity contribution in [1.82, 2.24) is 15.5 Å². The van der Waals surface area contributed by atoms with E-state index in [2.05, 4.69) is 27.8 Å². The molecule has 0 spiro atoms. The highest BCUT2D eigenvalue weighted by Crippen LogP contribution is 2.33. The van der Waals surface area contributed by atoms with Crippen LogP contribution < -0.4 is 20.1 Å². The monoisotopic (exact) mass is 552 g/mol. The summed E-state index contributed by atoms with van der Waals surface area (Å²) < 4.78 is 10.8. The molecule has 1 heterocycles. The maximum atomic E-state index is 12.7. The van der Waals surface area contributed by atoms with E-state index in [9.17, 15) is 4.79 Å². The summed E-state index contributed by atoms with van der Waals surface area (Å²) in [6.07, 6.45) is 2.08. The Morgan fingerprint density at radius 1 is 1.06 bits per heavy atom. The molecule has 2 aromatic carbocycles. The Bertz CT molecular complexity index is 906. The Kier molecular flexibility index (Phi) is 10.6. The van der Waals surface area contributed by atoms with Gasteiger partial charge in [0.1, 0.15) is 0 Å². The van der Waals surface area contributed by atoms with Crippen LogP contribution in [0.15, 0.2) is 47.5 Å². The Morgan fingerprint density at radius 2 is 1.75 bits per heavy atom. The molecular weight excluding hydrogens is 519 g/mol. The van der Waals surface area contributed by atoms with Crippen LogP contribution >= 0.6 is 24.0 Å². The van der Waals surface area contributed by atoms with Gasteiger partial charge in [0, 0.05) is 39.6 Å². The molecule has 1 amide bonds. The molecule has 0 unspecified atom stereocenters. The van der Waals surface area contributed by atoms with Crippen molar-refractivity contribution >= 4 is 35.8 Å². The second kappa shape index (κ2) is 13.1. The number of hydrogen-bond donors (Lipinski definition) is 2. The van der Waals surface area contributed by atoms with Crippen molar-refractivity contribution in [3.63, 3.8) is 0 Å². The summed E-state index contributed by atoms with van der Waals surface area (Å²) in [7, 11) is 5.02. The Morgan fingerprint density at radius 3 is 2.41 bits per heavy atom. The standard InChI is InChI=1S/C24H32N4O3.HI/c1-25-24(27-16-18-8-5-4-6-9-18)26-12-7-10-23(29)28-13-11-19-14-21(30-2)22(31-3)15-20(19)17-28;/h4-6,8-9,14-15H,7,10-13,16-17H2,1-3H3,(H2,25,26,27);1H. The largest absolute Gasteiger partial charge is 0.493 e. The maximum absolute atomic E-state index is 12.7. The van der Waals surface area contributed by atoms with Crippen LogP contribution in [-0.4, -0.2) is 51.1 Å². The van der Waals surface area contributed by atoms with E-state index >= 15 is 0 Å². The van der Waals surface area contributed by atoms with Crippen LogP contribution in [0.2, 0.25) is 0 Å². The van der Waals surface area contributed by atoms with E-state index in [0.29, 0.717) is 31.8 Å². The number of ether oxygens (including phenoxy) is 2. The molecule has 0 saturated heterocycles. The molecule has 2 N–H and O–H groups in total. The lowest BCUT2D eigenvalue weighted by atomic mass is 9.98. The summed E-state index contributed by atoms with van der Waals surface area (Å²) in [4.78, 5) is 18.9. The van der Waals surface area contributed by atoms with E-state index in [-0.39, 0.29) is 29.9 Å². The van der Waals surface area contributed by atoms with Crippen molar-refractivity contribution in [1.29, 1.82) is 0 Å². The average Bonchev–Trinajstić information content (AvgIpc) is 2.82. The summed E-state index contributed by atoms with van der Waals surface area (Å²) in [5.74, 6) is 2.36. The Labute approximate surface area is 207 Å². The zero-order valence-electron chi connectivity index (χ0n) is 19.0. The molecule has 1 aliphatic rings. The fourth-order valence-electron chi connectivity index (χ4n) is 3.70. The number of amides is 1. The van der Waals surface area contributed by atoms with Crippen molar-refractivity contribution in [2.75, 3.05) is 34.4 Å².